The molecule has 0 aromatic heterocycles. The predicted molar refractivity (Wildman–Crippen MR) is 79.2 cm³/mol. The second kappa shape index (κ2) is 5.72. The van der Waals surface area contributed by atoms with Gasteiger partial charge in [-0.05, 0) is 52.9 Å². The Morgan fingerprint density at radius 1 is 1.50 bits per heavy atom. The molecule has 2 rings (SSSR count). The fourth-order valence-corrected chi connectivity index (χ4v) is 2.81. The van der Waals surface area contributed by atoms with Gasteiger partial charge in [0.25, 0.3) is 5.91 Å². The Kier molecular flexibility index (Phi) is 4.37. The first kappa shape index (κ1) is 15.3. The zero-order chi connectivity index (χ0) is 14.9. The van der Waals surface area contributed by atoms with Gasteiger partial charge in [0.15, 0.2) is 6.10 Å². The van der Waals surface area contributed by atoms with Crippen LogP contribution in [0.3, 0.4) is 0 Å². The summed E-state index contributed by atoms with van der Waals surface area (Å²) in [4.78, 5) is 14.2. The number of hydrogen-bond donors (Lipinski definition) is 0. The molecule has 0 aliphatic carbocycles. The Labute approximate surface area is 127 Å². The summed E-state index contributed by atoms with van der Waals surface area (Å²) < 4.78 is 19.2. The lowest BCUT2D eigenvalue weighted by Crippen LogP contribution is -2.39. The van der Waals surface area contributed by atoms with E-state index in [-0.39, 0.29) is 17.1 Å². The molecule has 1 aromatic rings. The van der Waals surface area contributed by atoms with Gasteiger partial charge in [0.1, 0.15) is 11.6 Å². The van der Waals surface area contributed by atoms with Crippen LogP contribution in [0.2, 0.25) is 0 Å². The maximum atomic E-state index is 13.0. The van der Waals surface area contributed by atoms with Crippen molar-refractivity contribution in [3.8, 4) is 5.75 Å². The van der Waals surface area contributed by atoms with Crippen molar-refractivity contribution in [3.05, 3.63) is 28.5 Å². The summed E-state index contributed by atoms with van der Waals surface area (Å²) in [5.74, 6) is 0.113. The van der Waals surface area contributed by atoms with Crippen LogP contribution in [0.1, 0.15) is 27.2 Å². The van der Waals surface area contributed by atoms with Crippen LogP contribution < -0.4 is 4.74 Å². The highest BCUT2D eigenvalue weighted by Crippen LogP contribution is 2.30. The number of hydrogen-bond acceptors (Lipinski definition) is 2. The Morgan fingerprint density at radius 3 is 2.75 bits per heavy atom. The molecule has 0 saturated carbocycles. The van der Waals surface area contributed by atoms with Crippen LogP contribution in [0.4, 0.5) is 4.39 Å². The average molecular weight is 344 g/mol. The number of benzene rings is 1. The first-order valence-corrected chi connectivity index (χ1v) is 7.48. The van der Waals surface area contributed by atoms with Crippen molar-refractivity contribution in [2.45, 2.75) is 33.3 Å². The highest BCUT2D eigenvalue weighted by Gasteiger charge is 2.34. The third kappa shape index (κ3) is 3.51. The third-order valence-corrected chi connectivity index (χ3v) is 4.15. The first-order valence-electron chi connectivity index (χ1n) is 6.69. The molecule has 1 aliphatic rings. The van der Waals surface area contributed by atoms with Crippen molar-refractivity contribution in [2.24, 2.45) is 5.41 Å². The lowest BCUT2D eigenvalue weighted by molar-refractivity contribution is -0.137. The van der Waals surface area contributed by atoms with Crippen molar-refractivity contribution >= 4 is 21.8 Å². The van der Waals surface area contributed by atoms with Crippen molar-refractivity contribution in [3.63, 3.8) is 0 Å². The maximum Gasteiger partial charge on any atom is 0.263 e. The second-order valence-corrected chi connectivity index (χ2v) is 6.86. The molecule has 1 fully saturated rings. The highest BCUT2D eigenvalue weighted by atomic mass is 79.9. The van der Waals surface area contributed by atoms with E-state index >= 15 is 0 Å². The average Bonchev–Trinajstić information content (AvgIpc) is 2.72. The number of ether oxygens (including phenoxy) is 1. The molecule has 0 unspecified atom stereocenters. The van der Waals surface area contributed by atoms with E-state index in [2.05, 4.69) is 29.8 Å². The van der Waals surface area contributed by atoms with Gasteiger partial charge in [-0.1, -0.05) is 13.8 Å². The Morgan fingerprint density at radius 2 is 2.20 bits per heavy atom. The molecule has 0 spiro atoms. The quantitative estimate of drug-likeness (QED) is 0.838. The minimum absolute atomic E-state index is 0.0215. The molecule has 110 valence electrons. The minimum atomic E-state index is -0.578. The second-order valence-electron chi connectivity index (χ2n) is 6.01. The fourth-order valence-electron chi connectivity index (χ4n) is 2.37. The Hall–Kier alpha value is -1.10. The number of nitrogens with zero attached hydrogens (tertiary/aromatic N) is 1. The summed E-state index contributed by atoms with van der Waals surface area (Å²) in [5, 5.41) is 0. The smallest absolute Gasteiger partial charge is 0.263 e. The van der Waals surface area contributed by atoms with Crippen molar-refractivity contribution in [2.75, 3.05) is 13.1 Å². The Balaban J connectivity index is 2.01. The summed E-state index contributed by atoms with van der Waals surface area (Å²) in [6, 6.07) is 4.17. The molecule has 0 radical (unpaired) electrons. The Bertz CT molecular complexity index is 519. The van der Waals surface area contributed by atoms with Gasteiger partial charge < -0.3 is 9.64 Å². The summed E-state index contributed by atoms with van der Waals surface area (Å²) >= 11 is 3.24. The van der Waals surface area contributed by atoms with E-state index in [0.717, 1.165) is 19.5 Å². The van der Waals surface area contributed by atoms with Gasteiger partial charge in [-0.25, -0.2) is 4.39 Å². The van der Waals surface area contributed by atoms with E-state index in [1.54, 1.807) is 6.92 Å². The zero-order valence-electron chi connectivity index (χ0n) is 12.0. The predicted octanol–water partition coefficient (Wildman–Crippen LogP) is 3.61. The van der Waals surface area contributed by atoms with Crippen molar-refractivity contribution < 1.29 is 13.9 Å². The maximum absolute atomic E-state index is 13.0. The molecule has 3 nitrogen and oxygen atoms in total. The highest BCUT2D eigenvalue weighted by molar-refractivity contribution is 9.10. The van der Waals surface area contributed by atoms with Crippen LogP contribution >= 0.6 is 15.9 Å². The van der Waals surface area contributed by atoms with Gasteiger partial charge >= 0.3 is 0 Å². The molecule has 20 heavy (non-hydrogen) atoms. The molecule has 1 atom stereocenters. The molecule has 1 aromatic carbocycles. The summed E-state index contributed by atoms with van der Waals surface area (Å²) in [6.45, 7) is 7.56. The SMILES string of the molecule is C[C@H](Oc1ccc(F)cc1Br)C(=O)N1CCC(C)(C)C1. The summed E-state index contributed by atoms with van der Waals surface area (Å²) in [7, 11) is 0. The van der Waals surface area contributed by atoms with Gasteiger partial charge in [-0.3, -0.25) is 4.79 Å². The molecule has 1 amide bonds. The zero-order valence-corrected chi connectivity index (χ0v) is 13.5. The molecular weight excluding hydrogens is 325 g/mol. The number of halogens is 2. The monoisotopic (exact) mass is 343 g/mol. The van der Waals surface area contributed by atoms with Crippen molar-refractivity contribution in [1.82, 2.24) is 4.90 Å². The lowest BCUT2D eigenvalue weighted by atomic mass is 9.93. The molecule has 1 aliphatic heterocycles. The van der Waals surface area contributed by atoms with Crippen molar-refractivity contribution in [1.29, 1.82) is 0 Å². The van der Waals surface area contributed by atoms with Crippen LogP contribution in [0.25, 0.3) is 0 Å². The van der Waals surface area contributed by atoms with E-state index in [4.69, 9.17) is 4.74 Å². The standard InChI is InChI=1S/C15H19BrFNO2/c1-10(14(19)18-7-6-15(2,3)9-18)20-13-5-4-11(17)8-12(13)16/h4-5,8,10H,6-7,9H2,1-3H3/t10-/m0/s1. The number of rotatable bonds is 3. The topological polar surface area (TPSA) is 29.5 Å². The number of likely N-dealkylation sites (tertiary alicyclic amines) is 1. The van der Waals surface area contributed by atoms with E-state index in [1.807, 2.05) is 4.90 Å². The normalized spacial score (nSPS) is 18.9. The lowest BCUT2D eigenvalue weighted by Gasteiger charge is -2.23. The third-order valence-electron chi connectivity index (χ3n) is 3.53. The van der Waals surface area contributed by atoms with E-state index in [0.29, 0.717) is 10.2 Å². The van der Waals surface area contributed by atoms with Gasteiger partial charge in [-0.2, -0.15) is 0 Å². The van der Waals surface area contributed by atoms with E-state index < -0.39 is 6.10 Å². The minimum Gasteiger partial charge on any atom is -0.480 e. The summed E-state index contributed by atoms with van der Waals surface area (Å²) in [5.41, 5.74) is 0.172. The molecule has 0 N–H and O–H groups in total. The number of carbonyl (C=O) groups is 1. The molecular formula is C15H19BrFNO2. The number of amides is 1. The van der Waals surface area contributed by atoms with E-state index in [9.17, 15) is 9.18 Å². The van der Waals surface area contributed by atoms with Crippen LogP contribution in [-0.2, 0) is 4.79 Å². The van der Waals surface area contributed by atoms with E-state index in [1.165, 1.54) is 18.2 Å². The molecule has 1 heterocycles. The van der Waals surface area contributed by atoms with Gasteiger partial charge in [0.05, 0.1) is 4.47 Å². The molecule has 5 heteroatoms. The van der Waals surface area contributed by atoms with Crippen LogP contribution in [0.15, 0.2) is 22.7 Å². The summed E-state index contributed by atoms with van der Waals surface area (Å²) in [6.07, 6.45) is 0.428. The van der Waals surface area contributed by atoms with Gasteiger partial charge in [-0.15, -0.1) is 0 Å². The number of carbonyl (C=O) groups excluding carboxylic acids is 1. The molecule has 1 saturated heterocycles. The largest absolute Gasteiger partial charge is 0.480 e. The van der Waals surface area contributed by atoms with Gasteiger partial charge in [0.2, 0.25) is 0 Å². The fraction of sp³-hybridized carbons (Fsp3) is 0.533. The van der Waals surface area contributed by atoms with Crippen LogP contribution in [0, 0.1) is 11.2 Å². The molecule has 0 bridgehead atoms. The van der Waals surface area contributed by atoms with Crippen LogP contribution in [0.5, 0.6) is 5.75 Å². The van der Waals surface area contributed by atoms with Gasteiger partial charge in [0, 0.05) is 13.1 Å². The first-order chi connectivity index (χ1) is 9.28. The van der Waals surface area contributed by atoms with Crippen LogP contribution in [-0.4, -0.2) is 30.0 Å².